The summed E-state index contributed by atoms with van der Waals surface area (Å²) in [6.07, 6.45) is 4.21. The van der Waals surface area contributed by atoms with Crippen LogP contribution < -0.4 is 10.7 Å². The second kappa shape index (κ2) is 7.40. The van der Waals surface area contributed by atoms with Crippen LogP contribution in [-0.4, -0.2) is 22.6 Å². The fourth-order valence-corrected chi connectivity index (χ4v) is 1.68. The van der Waals surface area contributed by atoms with Crippen LogP contribution >= 0.6 is 11.6 Å². The van der Waals surface area contributed by atoms with E-state index in [0.717, 1.165) is 0 Å². The number of aromatic nitrogens is 2. The minimum atomic E-state index is -0.451. The molecule has 21 heavy (non-hydrogen) atoms. The molecule has 0 radical (unpaired) electrons. The van der Waals surface area contributed by atoms with E-state index in [4.69, 9.17) is 11.6 Å². The lowest BCUT2D eigenvalue weighted by molar-refractivity contribution is 0.103. The molecule has 0 atom stereocenters. The Morgan fingerprint density at radius 3 is 2.57 bits per heavy atom. The molecule has 0 unspecified atom stereocenters. The van der Waals surface area contributed by atoms with Gasteiger partial charge in [0.1, 0.15) is 0 Å². The normalized spacial score (nSPS) is 10.2. The number of carbonyl (C=O) groups excluding carboxylic acids is 1. The Kier molecular flexibility index (Phi) is 5.87. The summed E-state index contributed by atoms with van der Waals surface area (Å²) in [4.78, 5) is 23.5. The Labute approximate surface area is 127 Å². The Morgan fingerprint density at radius 2 is 1.95 bits per heavy atom. The van der Waals surface area contributed by atoms with Gasteiger partial charge in [0, 0.05) is 36.6 Å². The molecule has 2 aromatic rings. The van der Waals surface area contributed by atoms with E-state index in [1.165, 1.54) is 29.2 Å². The molecule has 0 bridgehead atoms. The van der Waals surface area contributed by atoms with Crippen molar-refractivity contribution in [2.45, 2.75) is 7.43 Å². The number of nitrogens with one attached hydrogen (secondary N) is 1. The number of carbonyl (C=O) groups is 1. The molecule has 0 spiro atoms. The molecule has 2 rings (SSSR count). The molecule has 1 heterocycles. The fraction of sp³-hybridized carbons (Fsp3) is 0.133. The van der Waals surface area contributed by atoms with E-state index in [-0.39, 0.29) is 13.1 Å². The molecule has 5 nitrogen and oxygen atoms in total. The van der Waals surface area contributed by atoms with Crippen LogP contribution in [0.3, 0.4) is 0 Å². The zero-order valence-corrected chi connectivity index (χ0v) is 11.5. The number of halogens is 1. The molecule has 6 heteroatoms. The van der Waals surface area contributed by atoms with Crippen molar-refractivity contribution in [2.24, 2.45) is 0 Å². The van der Waals surface area contributed by atoms with Crippen molar-refractivity contribution >= 4 is 17.4 Å². The highest BCUT2D eigenvalue weighted by molar-refractivity contribution is 6.30. The van der Waals surface area contributed by atoms with Gasteiger partial charge in [-0.1, -0.05) is 19.0 Å². The number of ketones is 1. The second-order valence-corrected chi connectivity index (χ2v) is 4.37. The summed E-state index contributed by atoms with van der Waals surface area (Å²) in [6.45, 7) is 0. The summed E-state index contributed by atoms with van der Waals surface area (Å²) in [6, 6.07) is 8.22. The van der Waals surface area contributed by atoms with E-state index in [1.54, 1.807) is 31.3 Å². The molecule has 0 aliphatic rings. The number of rotatable bonds is 4. The topological polar surface area (TPSA) is 64.0 Å². The Morgan fingerprint density at radius 1 is 1.29 bits per heavy atom. The lowest BCUT2D eigenvalue weighted by atomic mass is 10.2. The minimum Gasteiger partial charge on any atom is -0.394 e. The van der Waals surface area contributed by atoms with Gasteiger partial charge in [-0.05, 0) is 24.3 Å². The maximum Gasteiger partial charge on any atom is 0.211 e. The summed E-state index contributed by atoms with van der Waals surface area (Å²) in [7, 11) is 1.66. The highest BCUT2D eigenvalue weighted by Crippen LogP contribution is 2.12. The number of allylic oxidation sites excluding steroid dienone is 1. The van der Waals surface area contributed by atoms with Crippen molar-refractivity contribution in [3.63, 3.8) is 0 Å². The average Bonchev–Trinajstić information content (AvgIpc) is 2.46. The molecular formula is C15H16ClN3O2. The van der Waals surface area contributed by atoms with Crippen molar-refractivity contribution in [1.82, 2.24) is 15.1 Å². The number of hydrogen-bond donors (Lipinski definition) is 1. The van der Waals surface area contributed by atoms with Crippen LogP contribution in [0.4, 0.5) is 0 Å². The first kappa shape index (κ1) is 16.7. The minimum absolute atomic E-state index is 0. The van der Waals surface area contributed by atoms with Crippen molar-refractivity contribution in [1.29, 1.82) is 0 Å². The molecule has 0 amide bonds. The standard InChI is InChI=1S/C14H12ClN3O2.CH4/c1-16-8-6-12(19)14-13(20)7-9-18(17-14)11-4-2-10(15)3-5-11;/h2-9,16H,1H3;1H4. The third kappa shape index (κ3) is 4.03. The van der Waals surface area contributed by atoms with Crippen molar-refractivity contribution < 1.29 is 4.79 Å². The highest BCUT2D eigenvalue weighted by Gasteiger charge is 2.10. The average molecular weight is 306 g/mol. The van der Waals surface area contributed by atoms with Crippen LogP contribution in [0.5, 0.6) is 0 Å². The zero-order valence-electron chi connectivity index (χ0n) is 10.7. The predicted octanol–water partition coefficient (Wildman–Crippen LogP) is 2.44. The predicted molar refractivity (Wildman–Crippen MR) is 84.1 cm³/mol. The van der Waals surface area contributed by atoms with Crippen molar-refractivity contribution in [3.05, 3.63) is 69.7 Å². The lowest BCUT2D eigenvalue weighted by Crippen LogP contribution is -2.19. The van der Waals surface area contributed by atoms with E-state index in [0.29, 0.717) is 10.7 Å². The Bertz CT molecular complexity index is 706. The number of nitrogens with zero attached hydrogens (tertiary/aromatic N) is 2. The fourth-order valence-electron chi connectivity index (χ4n) is 1.55. The van der Waals surface area contributed by atoms with Crippen LogP contribution in [0, 0.1) is 0 Å². The molecule has 1 aromatic heterocycles. The monoisotopic (exact) mass is 305 g/mol. The first-order valence-electron chi connectivity index (χ1n) is 5.86. The van der Waals surface area contributed by atoms with Gasteiger partial charge in [-0.3, -0.25) is 9.59 Å². The second-order valence-electron chi connectivity index (χ2n) is 3.94. The Hall–Kier alpha value is -2.40. The van der Waals surface area contributed by atoms with Gasteiger partial charge in [-0.25, -0.2) is 4.68 Å². The molecule has 0 aliphatic heterocycles. The summed E-state index contributed by atoms with van der Waals surface area (Å²) >= 11 is 5.81. The van der Waals surface area contributed by atoms with Gasteiger partial charge in [0.2, 0.25) is 11.2 Å². The molecule has 0 saturated carbocycles. The van der Waals surface area contributed by atoms with Gasteiger partial charge in [0.15, 0.2) is 5.69 Å². The van der Waals surface area contributed by atoms with E-state index in [1.807, 2.05) is 0 Å². The first-order valence-corrected chi connectivity index (χ1v) is 6.23. The van der Waals surface area contributed by atoms with Crippen LogP contribution in [0.25, 0.3) is 5.69 Å². The maximum absolute atomic E-state index is 11.8. The van der Waals surface area contributed by atoms with E-state index in [2.05, 4.69) is 10.4 Å². The van der Waals surface area contributed by atoms with Crippen LogP contribution in [0.15, 0.2) is 53.6 Å². The summed E-state index contributed by atoms with van der Waals surface area (Å²) in [5.74, 6) is -0.451. The van der Waals surface area contributed by atoms with Gasteiger partial charge in [0.25, 0.3) is 0 Å². The smallest absolute Gasteiger partial charge is 0.211 e. The third-order valence-corrected chi connectivity index (χ3v) is 2.79. The largest absolute Gasteiger partial charge is 0.394 e. The quantitative estimate of drug-likeness (QED) is 0.696. The van der Waals surface area contributed by atoms with Gasteiger partial charge in [-0.15, -0.1) is 0 Å². The molecular weight excluding hydrogens is 290 g/mol. The van der Waals surface area contributed by atoms with Gasteiger partial charge >= 0.3 is 0 Å². The van der Waals surface area contributed by atoms with E-state index < -0.39 is 11.2 Å². The van der Waals surface area contributed by atoms with Crippen LogP contribution in [0.1, 0.15) is 17.9 Å². The number of benzene rings is 1. The summed E-state index contributed by atoms with van der Waals surface area (Å²) in [5.41, 5.74) is 0.163. The van der Waals surface area contributed by atoms with Crippen molar-refractivity contribution in [2.75, 3.05) is 7.05 Å². The van der Waals surface area contributed by atoms with E-state index in [9.17, 15) is 9.59 Å². The zero-order chi connectivity index (χ0) is 14.5. The summed E-state index contributed by atoms with van der Waals surface area (Å²) in [5, 5.41) is 7.35. The third-order valence-electron chi connectivity index (χ3n) is 2.53. The molecule has 110 valence electrons. The molecule has 0 aliphatic carbocycles. The van der Waals surface area contributed by atoms with Crippen molar-refractivity contribution in [3.8, 4) is 5.69 Å². The molecule has 1 aromatic carbocycles. The first-order chi connectivity index (χ1) is 9.61. The lowest BCUT2D eigenvalue weighted by Gasteiger charge is -2.06. The highest BCUT2D eigenvalue weighted by atomic mass is 35.5. The summed E-state index contributed by atoms with van der Waals surface area (Å²) < 4.78 is 1.46. The van der Waals surface area contributed by atoms with Crippen LogP contribution in [-0.2, 0) is 0 Å². The van der Waals surface area contributed by atoms with Gasteiger partial charge in [-0.2, -0.15) is 5.10 Å². The van der Waals surface area contributed by atoms with Crippen LogP contribution in [0.2, 0.25) is 5.02 Å². The molecule has 1 N–H and O–H groups in total. The molecule has 0 fully saturated rings. The van der Waals surface area contributed by atoms with E-state index >= 15 is 0 Å². The molecule has 0 saturated heterocycles. The maximum atomic E-state index is 11.8. The Balaban J connectivity index is 0.00000220. The number of hydrogen-bond acceptors (Lipinski definition) is 4. The van der Waals surface area contributed by atoms with Gasteiger partial charge in [0.05, 0.1) is 5.69 Å². The van der Waals surface area contributed by atoms with Gasteiger partial charge < -0.3 is 5.32 Å². The SMILES string of the molecule is C.CNC=CC(=O)c1nn(-c2ccc(Cl)cc2)ccc1=O.